The number of hydrogen-bond donors (Lipinski definition) is 1. The molecule has 26 heavy (non-hydrogen) atoms. The molecule has 0 aromatic heterocycles. The van der Waals surface area contributed by atoms with Gasteiger partial charge in [0.25, 0.3) is 0 Å². The molecule has 0 saturated carbocycles. The standard InChI is InChI=1S/C20H21ClN4O/c1-22-19-20(25-9-11-26-12-10-25)24-18(14-5-3-2-4-6-14)16-13-15(21)7-8-17(16)23-19/h2-8,13,20H,9-12H2,1H3,(H,22,23). The van der Waals surface area contributed by atoms with Crippen LogP contribution >= 0.6 is 11.6 Å². The predicted molar refractivity (Wildman–Crippen MR) is 107 cm³/mol. The fraction of sp³-hybridized carbons (Fsp3) is 0.300. The van der Waals surface area contributed by atoms with Crippen LogP contribution in [0.3, 0.4) is 0 Å². The van der Waals surface area contributed by atoms with Gasteiger partial charge >= 0.3 is 0 Å². The van der Waals surface area contributed by atoms with E-state index in [0.29, 0.717) is 18.2 Å². The number of benzene rings is 2. The Bertz CT molecular complexity index is 844. The SMILES string of the molecule is CN=C1Nc2ccc(Cl)cc2C(c2ccccc2)=NC1N1CCOCC1. The van der Waals surface area contributed by atoms with Crippen molar-refractivity contribution in [2.45, 2.75) is 6.17 Å². The molecule has 2 heterocycles. The van der Waals surface area contributed by atoms with Gasteiger partial charge in [0, 0.05) is 42.0 Å². The summed E-state index contributed by atoms with van der Waals surface area (Å²) in [7, 11) is 1.80. The van der Waals surface area contributed by atoms with Crippen molar-refractivity contribution in [1.29, 1.82) is 0 Å². The average Bonchev–Trinajstić information content (AvgIpc) is 2.86. The lowest BCUT2D eigenvalue weighted by Crippen LogP contribution is -2.48. The second kappa shape index (κ2) is 7.58. The number of ether oxygens (including phenoxy) is 1. The highest BCUT2D eigenvalue weighted by atomic mass is 35.5. The zero-order chi connectivity index (χ0) is 17.9. The summed E-state index contributed by atoms with van der Waals surface area (Å²) in [6, 6.07) is 16.1. The van der Waals surface area contributed by atoms with Gasteiger partial charge in [-0.05, 0) is 18.2 Å². The van der Waals surface area contributed by atoms with Crippen LogP contribution in [-0.4, -0.2) is 56.0 Å². The Hall–Kier alpha value is -2.21. The van der Waals surface area contributed by atoms with Gasteiger partial charge in [0.2, 0.25) is 0 Å². The number of anilines is 1. The zero-order valence-corrected chi connectivity index (χ0v) is 15.4. The van der Waals surface area contributed by atoms with E-state index in [-0.39, 0.29) is 6.17 Å². The van der Waals surface area contributed by atoms with Crippen molar-refractivity contribution in [3.8, 4) is 0 Å². The first-order chi connectivity index (χ1) is 12.8. The highest BCUT2D eigenvalue weighted by Crippen LogP contribution is 2.28. The van der Waals surface area contributed by atoms with Crippen LogP contribution in [0.15, 0.2) is 58.5 Å². The van der Waals surface area contributed by atoms with Gasteiger partial charge < -0.3 is 10.1 Å². The summed E-state index contributed by atoms with van der Waals surface area (Å²) in [5.41, 5.74) is 3.94. The molecule has 1 atom stereocenters. The van der Waals surface area contributed by atoms with E-state index in [1.165, 1.54) is 0 Å². The van der Waals surface area contributed by atoms with Gasteiger partial charge in [-0.1, -0.05) is 41.9 Å². The van der Waals surface area contributed by atoms with E-state index in [4.69, 9.17) is 21.3 Å². The molecule has 0 bridgehead atoms. The fourth-order valence-corrected chi connectivity index (χ4v) is 3.52. The second-order valence-corrected chi connectivity index (χ2v) is 6.73. The minimum atomic E-state index is -0.176. The largest absolute Gasteiger partial charge is 0.379 e. The van der Waals surface area contributed by atoms with E-state index in [2.05, 4.69) is 27.3 Å². The van der Waals surface area contributed by atoms with Gasteiger partial charge in [-0.2, -0.15) is 0 Å². The highest BCUT2D eigenvalue weighted by molar-refractivity contribution is 6.32. The molecule has 0 radical (unpaired) electrons. The Morgan fingerprint density at radius 1 is 1.15 bits per heavy atom. The maximum absolute atomic E-state index is 6.30. The lowest BCUT2D eigenvalue weighted by atomic mass is 10.0. The molecule has 0 amide bonds. The Kier molecular flexibility index (Phi) is 5.02. The molecule has 1 unspecified atom stereocenters. The van der Waals surface area contributed by atoms with Gasteiger partial charge in [-0.15, -0.1) is 0 Å². The summed E-state index contributed by atoms with van der Waals surface area (Å²) in [4.78, 5) is 11.9. The van der Waals surface area contributed by atoms with E-state index >= 15 is 0 Å². The van der Waals surface area contributed by atoms with Crippen molar-refractivity contribution < 1.29 is 4.74 Å². The second-order valence-electron chi connectivity index (χ2n) is 6.29. The van der Waals surface area contributed by atoms with Gasteiger partial charge in [0.05, 0.1) is 18.9 Å². The summed E-state index contributed by atoms with van der Waals surface area (Å²) >= 11 is 6.30. The van der Waals surface area contributed by atoms with Crippen molar-refractivity contribution >= 4 is 28.8 Å². The smallest absolute Gasteiger partial charge is 0.161 e. The van der Waals surface area contributed by atoms with Crippen LogP contribution in [0.2, 0.25) is 5.02 Å². The van der Waals surface area contributed by atoms with Crippen molar-refractivity contribution in [3.63, 3.8) is 0 Å². The third-order valence-electron chi connectivity index (χ3n) is 4.68. The van der Waals surface area contributed by atoms with Gasteiger partial charge in [-0.25, -0.2) is 0 Å². The van der Waals surface area contributed by atoms with Gasteiger partial charge in [0.1, 0.15) is 5.84 Å². The highest BCUT2D eigenvalue weighted by Gasteiger charge is 2.29. The van der Waals surface area contributed by atoms with Crippen LogP contribution in [0, 0.1) is 0 Å². The quantitative estimate of drug-likeness (QED) is 0.884. The molecule has 2 aromatic carbocycles. The predicted octanol–water partition coefficient (Wildman–Crippen LogP) is 3.29. The number of nitrogens with one attached hydrogen (secondary N) is 1. The van der Waals surface area contributed by atoms with Crippen molar-refractivity contribution in [3.05, 3.63) is 64.7 Å². The Labute approximate surface area is 158 Å². The third-order valence-corrected chi connectivity index (χ3v) is 4.91. The molecule has 2 aliphatic heterocycles. The number of nitrogens with zero attached hydrogens (tertiary/aromatic N) is 3. The monoisotopic (exact) mass is 368 g/mol. The first kappa shape index (κ1) is 17.2. The minimum absolute atomic E-state index is 0.176. The number of fused-ring (bicyclic) bond motifs is 1. The average molecular weight is 369 g/mol. The topological polar surface area (TPSA) is 49.2 Å². The van der Waals surface area contributed by atoms with E-state index in [0.717, 1.165) is 41.5 Å². The number of hydrogen-bond acceptors (Lipinski definition) is 4. The molecule has 1 N–H and O–H groups in total. The zero-order valence-electron chi connectivity index (χ0n) is 14.7. The summed E-state index contributed by atoms with van der Waals surface area (Å²) < 4.78 is 5.51. The van der Waals surface area contributed by atoms with Crippen molar-refractivity contribution in [1.82, 2.24) is 4.90 Å². The molecule has 6 heteroatoms. The maximum atomic E-state index is 6.30. The summed E-state index contributed by atoms with van der Waals surface area (Å²) in [5.74, 6) is 0.835. The summed E-state index contributed by atoms with van der Waals surface area (Å²) in [5, 5.41) is 4.17. The lowest BCUT2D eigenvalue weighted by molar-refractivity contribution is 0.0303. The lowest BCUT2D eigenvalue weighted by Gasteiger charge is -2.32. The maximum Gasteiger partial charge on any atom is 0.161 e. The van der Waals surface area contributed by atoms with E-state index in [9.17, 15) is 0 Å². The Balaban J connectivity index is 1.87. The first-order valence-corrected chi connectivity index (χ1v) is 9.12. The normalized spacial score (nSPS) is 22.3. The Morgan fingerprint density at radius 2 is 1.92 bits per heavy atom. The molecule has 4 rings (SSSR count). The van der Waals surface area contributed by atoms with Crippen LogP contribution in [0.1, 0.15) is 11.1 Å². The van der Waals surface area contributed by atoms with E-state index in [1.807, 2.05) is 36.4 Å². The minimum Gasteiger partial charge on any atom is -0.379 e. The van der Waals surface area contributed by atoms with E-state index < -0.39 is 0 Å². The third kappa shape index (κ3) is 3.38. The molecule has 0 aliphatic carbocycles. The fourth-order valence-electron chi connectivity index (χ4n) is 3.35. The molecule has 2 aliphatic rings. The van der Waals surface area contributed by atoms with Crippen molar-refractivity contribution in [2.75, 3.05) is 38.7 Å². The molecular weight excluding hydrogens is 348 g/mol. The van der Waals surface area contributed by atoms with Crippen molar-refractivity contribution in [2.24, 2.45) is 9.98 Å². The number of rotatable bonds is 2. The number of amidine groups is 1. The summed E-state index contributed by atoms with van der Waals surface area (Å²) in [6.45, 7) is 3.08. The molecule has 134 valence electrons. The molecule has 1 saturated heterocycles. The molecule has 2 aromatic rings. The van der Waals surface area contributed by atoms with Crippen LogP contribution < -0.4 is 5.32 Å². The number of halogens is 1. The molecule has 0 spiro atoms. The summed E-state index contributed by atoms with van der Waals surface area (Å²) in [6.07, 6.45) is -0.176. The van der Waals surface area contributed by atoms with Crippen LogP contribution in [0.5, 0.6) is 0 Å². The van der Waals surface area contributed by atoms with Gasteiger partial charge in [0.15, 0.2) is 6.17 Å². The van der Waals surface area contributed by atoms with E-state index in [1.54, 1.807) is 7.05 Å². The number of benzodiazepines with no additional fused rings is 1. The molecule has 5 nitrogen and oxygen atoms in total. The van der Waals surface area contributed by atoms with Crippen LogP contribution in [0.4, 0.5) is 5.69 Å². The number of morpholine rings is 1. The van der Waals surface area contributed by atoms with Gasteiger partial charge in [-0.3, -0.25) is 14.9 Å². The van der Waals surface area contributed by atoms with Crippen LogP contribution in [0.25, 0.3) is 0 Å². The first-order valence-electron chi connectivity index (χ1n) is 8.75. The molecule has 1 fully saturated rings. The van der Waals surface area contributed by atoms with Crippen LogP contribution in [-0.2, 0) is 4.74 Å². The number of aliphatic imine (C=N–C) groups is 2. The molecular formula is C20H21ClN4O. The Morgan fingerprint density at radius 3 is 2.65 bits per heavy atom.